The van der Waals surface area contributed by atoms with Gasteiger partial charge in [-0.2, -0.15) is 0 Å². The average Bonchev–Trinajstić information content (AvgIpc) is 2.47. The van der Waals surface area contributed by atoms with Crippen LogP contribution in [0.2, 0.25) is 10.0 Å². The Morgan fingerprint density at radius 1 is 1.18 bits per heavy atom. The molecule has 0 atom stereocenters. The first kappa shape index (κ1) is 16.5. The SMILES string of the molecule is Cc1ccc(OCCNC(=O)Nc2cccc(Cl)c2)cc1Cl. The van der Waals surface area contributed by atoms with E-state index in [1.54, 1.807) is 30.3 Å². The summed E-state index contributed by atoms with van der Waals surface area (Å²) >= 11 is 11.9. The minimum Gasteiger partial charge on any atom is -0.492 e. The van der Waals surface area contributed by atoms with E-state index in [0.717, 1.165) is 5.56 Å². The number of anilines is 1. The van der Waals surface area contributed by atoms with E-state index in [0.29, 0.717) is 34.6 Å². The summed E-state index contributed by atoms with van der Waals surface area (Å²) in [5, 5.41) is 6.61. The zero-order valence-corrected chi connectivity index (χ0v) is 13.5. The molecule has 0 heterocycles. The van der Waals surface area contributed by atoms with Gasteiger partial charge in [-0.1, -0.05) is 35.3 Å². The molecule has 116 valence electrons. The van der Waals surface area contributed by atoms with Crippen molar-refractivity contribution in [2.24, 2.45) is 0 Å². The molecule has 0 spiro atoms. The molecule has 2 N–H and O–H groups in total. The van der Waals surface area contributed by atoms with Crippen LogP contribution in [-0.2, 0) is 0 Å². The van der Waals surface area contributed by atoms with Crippen molar-refractivity contribution in [3.05, 3.63) is 58.1 Å². The third-order valence-corrected chi connectivity index (χ3v) is 3.52. The Morgan fingerprint density at radius 2 is 2.00 bits per heavy atom. The van der Waals surface area contributed by atoms with Crippen molar-refractivity contribution in [1.29, 1.82) is 0 Å². The minimum absolute atomic E-state index is 0.312. The van der Waals surface area contributed by atoms with Crippen LogP contribution in [0.5, 0.6) is 5.75 Å². The van der Waals surface area contributed by atoms with E-state index < -0.39 is 0 Å². The van der Waals surface area contributed by atoms with Crippen LogP contribution >= 0.6 is 23.2 Å². The first-order valence-corrected chi connectivity index (χ1v) is 7.49. The molecule has 0 aromatic heterocycles. The Labute approximate surface area is 139 Å². The van der Waals surface area contributed by atoms with Crippen molar-refractivity contribution >= 4 is 34.9 Å². The summed E-state index contributed by atoms with van der Waals surface area (Å²) in [7, 11) is 0. The summed E-state index contributed by atoms with van der Waals surface area (Å²) < 4.78 is 5.51. The number of rotatable bonds is 5. The lowest BCUT2D eigenvalue weighted by molar-refractivity contribution is 0.247. The molecule has 6 heteroatoms. The predicted molar refractivity (Wildman–Crippen MR) is 90.2 cm³/mol. The van der Waals surface area contributed by atoms with Gasteiger partial charge < -0.3 is 15.4 Å². The maximum Gasteiger partial charge on any atom is 0.319 e. The molecule has 2 rings (SSSR count). The molecule has 0 saturated carbocycles. The van der Waals surface area contributed by atoms with E-state index >= 15 is 0 Å². The summed E-state index contributed by atoms with van der Waals surface area (Å²) in [5.41, 5.74) is 1.63. The third-order valence-electron chi connectivity index (χ3n) is 2.88. The van der Waals surface area contributed by atoms with Crippen molar-refractivity contribution in [3.63, 3.8) is 0 Å². The third kappa shape index (κ3) is 5.13. The highest BCUT2D eigenvalue weighted by Crippen LogP contribution is 2.21. The number of urea groups is 1. The van der Waals surface area contributed by atoms with Crippen LogP contribution in [0, 0.1) is 6.92 Å². The summed E-state index contributed by atoms with van der Waals surface area (Å²) in [6, 6.07) is 12.1. The Bertz CT molecular complexity index is 662. The summed E-state index contributed by atoms with van der Waals surface area (Å²) in [6.45, 7) is 2.65. The average molecular weight is 339 g/mol. The van der Waals surface area contributed by atoms with Gasteiger partial charge in [0.05, 0.1) is 6.54 Å². The fraction of sp³-hybridized carbons (Fsp3) is 0.188. The molecule has 0 aliphatic heterocycles. The maximum atomic E-state index is 11.7. The van der Waals surface area contributed by atoms with Crippen molar-refractivity contribution in [2.45, 2.75) is 6.92 Å². The highest BCUT2D eigenvalue weighted by atomic mass is 35.5. The summed E-state index contributed by atoms with van der Waals surface area (Å²) in [4.78, 5) is 11.7. The van der Waals surface area contributed by atoms with Crippen LogP contribution < -0.4 is 15.4 Å². The van der Waals surface area contributed by atoms with Gasteiger partial charge in [0.2, 0.25) is 0 Å². The molecule has 4 nitrogen and oxygen atoms in total. The summed E-state index contributed by atoms with van der Waals surface area (Å²) in [6.07, 6.45) is 0. The van der Waals surface area contributed by atoms with E-state index in [1.165, 1.54) is 0 Å². The van der Waals surface area contributed by atoms with Gasteiger partial charge in [0.1, 0.15) is 12.4 Å². The highest BCUT2D eigenvalue weighted by molar-refractivity contribution is 6.31. The standard InChI is InChI=1S/C16H16Cl2N2O2/c1-11-5-6-14(10-15(11)18)22-8-7-19-16(21)20-13-4-2-3-12(17)9-13/h2-6,9-10H,7-8H2,1H3,(H2,19,20,21). The number of nitrogens with one attached hydrogen (secondary N) is 2. The van der Waals surface area contributed by atoms with Gasteiger partial charge in [-0.3, -0.25) is 0 Å². The lowest BCUT2D eigenvalue weighted by Gasteiger charge is -2.10. The van der Waals surface area contributed by atoms with Crippen LogP contribution in [0.3, 0.4) is 0 Å². The number of hydrogen-bond donors (Lipinski definition) is 2. The monoisotopic (exact) mass is 338 g/mol. The summed E-state index contributed by atoms with van der Waals surface area (Å²) in [5.74, 6) is 0.674. The zero-order chi connectivity index (χ0) is 15.9. The molecule has 0 saturated heterocycles. The van der Waals surface area contributed by atoms with Crippen molar-refractivity contribution < 1.29 is 9.53 Å². The number of ether oxygens (including phenoxy) is 1. The van der Waals surface area contributed by atoms with Crippen molar-refractivity contribution in [2.75, 3.05) is 18.5 Å². The zero-order valence-electron chi connectivity index (χ0n) is 12.0. The molecule has 2 amide bonds. The first-order chi connectivity index (χ1) is 10.5. The van der Waals surface area contributed by atoms with Crippen LogP contribution in [0.4, 0.5) is 10.5 Å². The van der Waals surface area contributed by atoms with Gasteiger partial charge in [0.25, 0.3) is 0 Å². The van der Waals surface area contributed by atoms with Crippen LogP contribution in [0.1, 0.15) is 5.56 Å². The van der Waals surface area contributed by atoms with Gasteiger partial charge in [-0.25, -0.2) is 4.79 Å². The molecule has 0 unspecified atom stereocenters. The van der Waals surface area contributed by atoms with E-state index in [4.69, 9.17) is 27.9 Å². The topological polar surface area (TPSA) is 50.4 Å². The molecule has 0 radical (unpaired) electrons. The Morgan fingerprint density at radius 3 is 2.73 bits per heavy atom. The fourth-order valence-electron chi connectivity index (χ4n) is 1.74. The second-order valence-electron chi connectivity index (χ2n) is 4.65. The molecule has 2 aromatic rings. The predicted octanol–water partition coefficient (Wildman–Crippen LogP) is 4.50. The smallest absolute Gasteiger partial charge is 0.319 e. The fourth-order valence-corrected chi connectivity index (χ4v) is 2.10. The maximum absolute atomic E-state index is 11.7. The van der Waals surface area contributed by atoms with Crippen molar-refractivity contribution in [3.8, 4) is 5.75 Å². The van der Waals surface area contributed by atoms with Crippen LogP contribution in [-0.4, -0.2) is 19.2 Å². The van der Waals surface area contributed by atoms with Crippen LogP contribution in [0.25, 0.3) is 0 Å². The Kier molecular flexibility index (Phi) is 5.92. The number of carbonyl (C=O) groups excluding carboxylic acids is 1. The second kappa shape index (κ2) is 7.92. The molecular weight excluding hydrogens is 323 g/mol. The number of aryl methyl sites for hydroxylation is 1. The van der Waals surface area contributed by atoms with Gasteiger partial charge in [-0.05, 0) is 42.8 Å². The van der Waals surface area contributed by atoms with E-state index in [2.05, 4.69) is 10.6 Å². The lowest BCUT2D eigenvalue weighted by Crippen LogP contribution is -2.32. The molecular formula is C16H16Cl2N2O2. The normalized spacial score (nSPS) is 10.1. The first-order valence-electron chi connectivity index (χ1n) is 6.74. The Balaban J connectivity index is 1.72. The molecule has 0 aliphatic carbocycles. The highest BCUT2D eigenvalue weighted by Gasteiger charge is 2.02. The number of carbonyl (C=O) groups is 1. The van der Waals surface area contributed by atoms with E-state index in [9.17, 15) is 4.79 Å². The molecule has 2 aromatic carbocycles. The molecule has 22 heavy (non-hydrogen) atoms. The number of halogens is 2. The number of amides is 2. The molecule has 0 bridgehead atoms. The quantitative estimate of drug-likeness (QED) is 0.788. The van der Waals surface area contributed by atoms with Crippen LogP contribution in [0.15, 0.2) is 42.5 Å². The lowest BCUT2D eigenvalue weighted by atomic mass is 10.2. The minimum atomic E-state index is -0.312. The largest absolute Gasteiger partial charge is 0.492 e. The number of benzene rings is 2. The van der Waals surface area contributed by atoms with Crippen molar-refractivity contribution in [1.82, 2.24) is 5.32 Å². The Hall–Kier alpha value is -1.91. The van der Waals surface area contributed by atoms with Gasteiger partial charge in [0.15, 0.2) is 0 Å². The van der Waals surface area contributed by atoms with E-state index in [1.807, 2.05) is 19.1 Å². The van der Waals surface area contributed by atoms with Gasteiger partial charge >= 0.3 is 6.03 Å². The van der Waals surface area contributed by atoms with Gasteiger partial charge in [-0.15, -0.1) is 0 Å². The molecule has 0 fully saturated rings. The van der Waals surface area contributed by atoms with E-state index in [-0.39, 0.29) is 6.03 Å². The van der Waals surface area contributed by atoms with Gasteiger partial charge in [0, 0.05) is 15.7 Å². The molecule has 0 aliphatic rings. The second-order valence-corrected chi connectivity index (χ2v) is 5.49. The number of hydrogen-bond acceptors (Lipinski definition) is 2.